The molecule has 0 saturated carbocycles. The van der Waals surface area contributed by atoms with E-state index in [2.05, 4.69) is 41.2 Å². The van der Waals surface area contributed by atoms with Gasteiger partial charge >= 0.3 is 0 Å². The molecule has 0 aliphatic carbocycles. The minimum Gasteiger partial charge on any atom is -0.378 e. The predicted molar refractivity (Wildman–Crippen MR) is 101 cm³/mol. The van der Waals surface area contributed by atoms with E-state index >= 15 is 0 Å². The maximum Gasteiger partial charge on any atom is 0.272 e. The third-order valence-electron chi connectivity index (χ3n) is 5.35. The van der Waals surface area contributed by atoms with Crippen molar-refractivity contribution in [1.29, 1.82) is 0 Å². The average molecular weight is 356 g/mol. The first-order chi connectivity index (χ1) is 12.4. The predicted octanol–water partition coefficient (Wildman–Crippen LogP) is 2.57. The number of morpholine rings is 1. The van der Waals surface area contributed by atoms with Gasteiger partial charge in [0.15, 0.2) is 5.69 Å². The molecular weight excluding hydrogens is 328 g/mol. The second kappa shape index (κ2) is 6.67. The molecule has 0 spiro atoms. The molecule has 2 bridgehead atoms. The van der Waals surface area contributed by atoms with Crippen molar-refractivity contribution in [2.45, 2.75) is 51.7 Å². The van der Waals surface area contributed by atoms with Gasteiger partial charge in [-0.05, 0) is 24.3 Å². The Labute approximate surface area is 154 Å². The van der Waals surface area contributed by atoms with E-state index in [1.54, 1.807) is 0 Å². The van der Waals surface area contributed by atoms with E-state index < -0.39 is 0 Å². The molecule has 1 unspecified atom stereocenters. The number of para-hydroxylation sites is 1. The van der Waals surface area contributed by atoms with Gasteiger partial charge in [0.05, 0.1) is 18.7 Å². The number of amides is 1. The number of hydrogen-bond donors (Lipinski definition) is 2. The molecule has 140 valence electrons. The molecule has 1 aromatic carbocycles. The summed E-state index contributed by atoms with van der Waals surface area (Å²) in [6.45, 7) is 9.41. The number of nitrogens with zero attached hydrogens (tertiary/aromatic N) is 2. The lowest BCUT2D eigenvalue weighted by Gasteiger charge is -2.50. The molecule has 6 nitrogen and oxygen atoms in total. The van der Waals surface area contributed by atoms with Gasteiger partial charge in [-0.25, -0.2) is 0 Å². The fourth-order valence-corrected chi connectivity index (χ4v) is 4.30. The number of H-pyrrole nitrogens is 1. The third kappa shape index (κ3) is 3.48. The number of nitrogens with one attached hydrogen (secondary N) is 2. The highest BCUT2D eigenvalue weighted by atomic mass is 16.5. The van der Waals surface area contributed by atoms with Gasteiger partial charge in [-0.3, -0.25) is 14.8 Å². The van der Waals surface area contributed by atoms with Crippen LogP contribution in [-0.2, 0) is 4.74 Å². The second-order valence-corrected chi connectivity index (χ2v) is 8.84. The highest BCUT2D eigenvalue weighted by Gasteiger charge is 2.40. The Morgan fingerprint density at radius 2 is 1.96 bits per heavy atom. The lowest BCUT2D eigenvalue weighted by Crippen LogP contribution is -2.62. The minimum absolute atomic E-state index is 0.0873. The fraction of sp³-hybridized carbons (Fsp3) is 0.600. The summed E-state index contributed by atoms with van der Waals surface area (Å²) >= 11 is 0. The zero-order valence-electron chi connectivity index (χ0n) is 15.8. The molecule has 2 fully saturated rings. The molecule has 2 saturated heterocycles. The number of fused-ring (bicyclic) bond motifs is 3. The van der Waals surface area contributed by atoms with Gasteiger partial charge in [0, 0.05) is 30.1 Å². The molecule has 6 heteroatoms. The van der Waals surface area contributed by atoms with E-state index in [0.29, 0.717) is 17.8 Å². The van der Waals surface area contributed by atoms with Crippen LogP contribution in [-0.4, -0.2) is 58.9 Å². The van der Waals surface area contributed by atoms with Crippen LogP contribution in [0.5, 0.6) is 0 Å². The van der Waals surface area contributed by atoms with Crippen molar-refractivity contribution >= 4 is 16.8 Å². The average Bonchev–Trinajstić information content (AvgIpc) is 2.98. The minimum atomic E-state index is -0.0873. The molecule has 2 aliphatic heterocycles. The van der Waals surface area contributed by atoms with Gasteiger partial charge in [-0.15, -0.1) is 0 Å². The van der Waals surface area contributed by atoms with Crippen molar-refractivity contribution < 1.29 is 9.53 Å². The van der Waals surface area contributed by atoms with Crippen LogP contribution in [0.2, 0.25) is 0 Å². The van der Waals surface area contributed by atoms with Crippen LogP contribution in [0, 0.1) is 5.41 Å². The molecule has 1 amide bonds. The summed E-state index contributed by atoms with van der Waals surface area (Å²) in [4.78, 5) is 15.4. The van der Waals surface area contributed by atoms with Gasteiger partial charge in [0.1, 0.15) is 0 Å². The van der Waals surface area contributed by atoms with Crippen LogP contribution >= 0.6 is 0 Å². The Kier molecular flexibility index (Phi) is 4.49. The van der Waals surface area contributed by atoms with Crippen molar-refractivity contribution in [3.05, 3.63) is 30.0 Å². The van der Waals surface area contributed by atoms with Crippen molar-refractivity contribution in [2.24, 2.45) is 5.41 Å². The summed E-state index contributed by atoms with van der Waals surface area (Å²) in [7, 11) is 0. The Hall–Kier alpha value is -1.92. The van der Waals surface area contributed by atoms with E-state index in [9.17, 15) is 4.79 Å². The highest BCUT2D eigenvalue weighted by molar-refractivity contribution is 6.04. The largest absolute Gasteiger partial charge is 0.378 e. The lowest BCUT2D eigenvalue weighted by molar-refractivity contribution is -0.0907. The van der Waals surface area contributed by atoms with E-state index in [1.807, 2.05) is 24.3 Å². The van der Waals surface area contributed by atoms with E-state index in [1.165, 1.54) is 0 Å². The molecule has 3 heterocycles. The maximum atomic E-state index is 12.8. The number of rotatable bonds is 3. The summed E-state index contributed by atoms with van der Waals surface area (Å²) in [5.74, 6) is -0.0873. The van der Waals surface area contributed by atoms with E-state index in [4.69, 9.17) is 4.74 Å². The Morgan fingerprint density at radius 1 is 1.27 bits per heavy atom. The lowest BCUT2D eigenvalue weighted by atomic mass is 9.86. The van der Waals surface area contributed by atoms with Crippen LogP contribution in [0.3, 0.4) is 0 Å². The number of hydrogen-bond acceptors (Lipinski definition) is 4. The van der Waals surface area contributed by atoms with Crippen LogP contribution in [0.4, 0.5) is 0 Å². The SMILES string of the molecule is CC(C)(C)CN1[C@@H]2COC[C@H]1CC(NC(=O)c1n[nH]c3ccccc13)C2. The van der Waals surface area contributed by atoms with Crippen molar-refractivity contribution in [2.75, 3.05) is 19.8 Å². The zero-order valence-corrected chi connectivity index (χ0v) is 15.8. The van der Waals surface area contributed by atoms with Crippen LogP contribution in [0.1, 0.15) is 44.1 Å². The van der Waals surface area contributed by atoms with Gasteiger partial charge in [-0.2, -0.15) is 5.10 Å². The van der Waals surface area contributed by atoms with Gasteiger partial charge in [0.2, 0.25) is 0 Å². The van der Waals surface area contributed by atoms with Crippen molar-refractivity contribution in [1.82, 2.24) is 20.4 Å². The van der Waals surface area contributed by atoms with E-state index in [0.717, 1.165) is 43.5 Å². The van der Waals surface area contributed by atoms with Crippen LogP contribution < -0.4 is 5.32 Å². The van der Waals surface area contributed by atoms with Gasteiger partial charge < -0.3 is 10.1 Å². The summed E-state index contributed by atoms with van der Waals surface area (Å²) in [6, 6.07) is 8.67. The standard InChI is InChI=1S/C20H28N4O2/c1-20(2,3)12-24-14-8-13(9-15(24)11-26-10-14)21-19(25)18-16-6-4-5-7-17(16)22-23-18/h4-7,13-15H,8-12H2,1-3H3,(H,21,25)(H,22,23)/t13?,14-,15+. The van der Waals surface area contributed by atoms with Crippen LogP contribution in [0.25, 0.3) is 10.9 Å². The molecule has 2 aliphatic rings. The molecule has 3 atom stereocenters. The molecule has 2 N–H and O–H groups in total. The monoisotopic (exact) mass is 356 g/mol. The van der Waals surface area contributed by atoms with E-state index in [-0.39, 0.29) is 17.4 Å². The van der Waals surface area contributed by atoms with Crippen LogP contribution in [0.15, 0.2) is 24.3 Å². The molecule has 4 rings (SSSR count). The quantitative estimate of drug-likeness (QED) is 0.887. The summed E-state index contributed by atoms with van der Waals surface area (Å²) in [6.07, 6.45) is 1.86. The van der Waals surface area contributed by atoms with Gasteiger partial charge in [-0.1, -0.05) is 39.0 Å². The fourth-order valence-electron chi connectivity index (χ4n) is 4.30. The molecule has 26 heavy (non-hydrogen) atoms. The molecule has 0 radical (unpaired) electrons. The number of aromatic amines is 1. The number of aromatic nitrogens is 2. The Bertz CT molecular complexity index is 780. The Balaban J connectivity index is 1.46. The second-order valence-electron chi connectivity index (χ2n) is 8.84. The molecule has 1 aromatic heterocycles. The summed E-state index contributed by atoms with van der Waals surface area (Å²) < 4.78 is 5.79. The highest BCUT2D eigenvalue weighted by Crippen LogP contribution is 2.31. The van der Waals surface area contributed by atoms with Crippen molar-refractivity contribution in [3.63, 3.8) is 0 Å². The number of ether oxygens (including phenoxy) is 1. The first-order valence-corrected chi connectivity index (χ1v) is 9.48. The molecular formula is C20H28N4O2. The van der Waals surface area contributed by atoms with Crippen molar-refractivity contribution in [3.8, 4) is 0 Å². The normalized spacial score (nSPS) is 26.8. The first kappa shape index (κ1) is 17.5. The summed E-state index contributed by atoms with van der Waals surface area (Å²) in [5, 5.41) is 11.3. The number of benzene rings is 1. The topological polar surface area (TPSA) is 70.2 Å². The smallest absolute Gasteiger partial charge is 0.272 e. The number of carbonyl (C=O) groups excluding carboxylic acids is 1. The summed E-state index contributed by atoms with van der Waals surface area (Å²) in [5.41, 5.74) is 1.64. The third-order valence-corrected chi connectivity index (χ3v) is 5.35. The maximum absolute atomic E-state index is 12.8. The number of piperidine rings is 1. The molecule has 2 aromatic rings. The number of carbonyl (C=O) groups is 1. The first-order valence-electron chi connectivity index (χ1n) is 9.48. The zero-order chi connectivity index (χ0) is 18.3. The van der Waals surface area contributed by atoms with Gasteiger partial charge in [0.25, 0.3) is 5.91 Å². The Morgan fingerprint density at radius 3 is 2.65 bits per heavy atom.